The quantitative estimate of drug-likeness (QED) is 0.552. The van der Waals surface area contributed by atoms with Crippen molar-refractivity contribution in [2.75, 3.05) is 13.2 Å². The smallest absolute Gasteiger partial charge is 0.109 e. The van der Waals surface area contributed by atoms with Gasteiger partial charge in [-0.05, 0) is 5.92 Å². The minimum Gasteiger partial charge on any atom is -0.394 e. The molecule has 1 N–H and O–H groups in total. The molecule has 8 heavy (non-hydrogen) atoms. The monoisotopic (exact) mass is 117 g/mol. The van der Waals surface area contributed by atoms with Gasteiger partial charge in [0.2, 0.25) is 0 Å². The molecule has 2 nitrogen and oxygen atoms in total. The summed E-state index contributed by atoms with van der Waals surface area (Å²) in [5, 5.41) is 8.20. The molecule has 0 saturated heterocycles. The zero-order valence-electron chi connectivity index (χ0n) is 5.42. The van der Waals surface area contributed by atoms with Gasteiger partial charge in [0.05, 0.1) is 6.61 Å². The average molecular weight is 117 g/mol. The molecule has 2 heteroatoms. The van der Waals surface area contributed by atoms with Crippen LogP contribution in [0.15, 0.2) is 0 Å². The van der Waals surface area contributed by atoms with Crippen molar-refractivity contribution in [2.24, 2.45) is 5.92 Å². The Kier molecular flexibility index (Phi) is 5.01. The first-order valence-corrected chi connectivity index (χ1v) is 2.81. The number of hydrogen-bond donors (Lipinski definition) is 1. The minimum atomic E-state index is 0.00667. The second-order valence-electron chi connectivity index (χ2n) is 2.08. The fourth-order valence-electron chi connectivity index (χ4n) is 0.313. The first-order valence-electron chi connectivity index (χ1n) is 2.81. The second-order valence-corrected chi connectivity index (χ2v) is 2.08. The second kappa shape index (κ2) is 5.06. The van der Waals surface area contributed by atoms with Crippen LogP contribution in [-0.2, 0) is 4.74 Å². The molecule has 1 radical (unpaired) electrons. The third-order valence-electron chi connectivity index (χ3n) is 0.622. The zero-order valence-corrected chi connectivity index (χ0v) is 5.42. The van der Waals surface area contributed by atoms with Gasteiger partial charge in [0.15, 0.2) is 0 Å². The Labute approximate surface area is 50.5 Å². The van der Waals surface area contributed by atoms with Gasteiger partial charge in [-0.2, -0.15) is 0 Å². The summed E-state index contributed by atoms with van der Waals surface area (Å²) in [6.07, 6.45) is 0. The first-order chi connectivity index (χ1) is 3.77. The van der Waals surface area contributed by atoms with Crippen LogP contribution in [-0.4, -0.2) is 18.3 Å². The van der Waals surface area contributed by atoms with Crippen molar-refractivity contribution in [3.8, 4) is 0 Å². The summed E-state index contributed by atoms with van der Waals surface area (Å²) in [5.41, 5.74) is 0. The summed E-state index contributed by atoms with van der Waals surface area (Å²) in [7, 11) is 0. The lowest BCUT2D eigenvalue weighted by Gasteiger charge is -2.02. The Hall–Kier alpha value is -0.0800. The molecule has 0 bridgehead atoms. The van der Waals surface area contributed by atoms with Crippen LogP contribution in [0.5, 0.6) is 0 Å². The van der Waals surface area contributed by atoms with Gasteiger partial charge in [0.25, 0.3) is 0 Å². The van der Waals surface area contributed by atoms with Crippen LogP contribution in [0.2, 0.25) is 0 Å². The van der Waals surface area contributed by atoms with Gasteiger partial charge in [-0.1, -0.05) is 13.8 Å². The molecule has 0 atom stereocenters. The molecule has 0 unspecified atom stereocenters. The largest absolute Gasteiger partial charge is 0.394 e. The predicted molar refractivity (Wildman–Crippen MR) is 32.2 cm³/mol. The molecule has 0 amide bonds. The number of hydrogen-bond acceptors (Lipinski definition) is 2. The van der Waals surface area contributed by atoms with Crippen LogP contribution < -0.4 is 0 Å². The van der Waals surface area contributed by atoms with E-state index in [1.54, 1.807) is 0 Å². The lowest BCUT2D eigenvalue weighted by Crippen LogP contribution is -2.00. The number of aliphatic hydroxyl groups is 1. The highest BCUT2D eigenvalue weighted by atomic mass is 16.5. The Morgan fingerprint density at radius 3 is 2.62 bits per heavy atom. The fraction of sp³-hybridized carbons (Fsp3) is 0.833. The molecule has 0 aliphatic carbocycles. The average Bonchev–Trinajstić information content (AvgIpc) is 1.66. The molecule has 0 saturated carbocycles. The van der Waals surface area contributed by atoms with Gasteiger partial charge >= 0.3 is 0 Å². The maximum Gasteiger partial charge on any atom is 0.109 e. The van der Waals surface area contributed by atoms with Crippen molar-refractivity contribution in [2.45, 2.75) is 13.8 Å². The summed E-state index contributed by atoms with van der Waals surface area (Å²) < 4.78 is 4.87. The molecular weight excluding hydrogens is 104 g/mol. The lowest BCUT2D eigenvalue weighted by atomic mass is 10.2. The number of ether oxygens (including phenoxy) is 1. The Morgan fingerprint density at radius 2 is 2.25 bits per heavy atom. The highest BCUT2D eigenvalue weighted by Crippen LogP contribution is 1.92. The molecule has 0 aliphatic heterocycles. The molecule has 0 aromatic heterocycles. The van der Waals surface area contributed by atoms with Crippen LogP contribution in [0.25, 0.3) is 0 Å². The molecular formula is C6H13O2. The molecule has 49 valence electrons. The third-order valence-corrected chi connectivity index (χ3v) is 0.622. The van der Waals surface area contributed by atoms with E-state index in [1.165, 1.54) is 6.61 Å². The molecule has 0 heterocycles. The van der Waals surface area contributed by atoms with Crippen molar-refractivity contribution < 1.29 is 9.84 Å². The Morgan fingerprint density at radius 1 is 1.62 bits per heavy atom. The van der Waals surface area contributed by atoms with Crippen LogP contribution in [0.4, 0.5) is 0 Å². The van der Waals surface area contributed by atoms with Crippen LogP contribution in [0.1, 0.15) is 13.8 Å². The van der Waals surface area contributed by atoms with Gasteiger partial charge in [-0.3, -0.25) is 0 Å². The minimum absolute atomic E-state index is 0.00667. The van der Waals surface area contributed by atoms with Gasteiger partial charge in [0, 0.05) is 6.61 Å². The molecule has 0 spiro atoms. The maximum absolute atomic E-state index is 8.20. The first kappa shape index (κ1) is 7.92. The van der Waals surface area contributed by atoms with Gasteiger partial charge in [0.1, 0.15) is 6.61 Å². The lowest BCUT2D eigenvalue weighted by molar-refractivity contribution is 0.130. The van der Waals surface area contributed by atoms with E-state index in [-0.39, 0.29) is 6.61 Å². The van der Waals surface area contributed by atoms with Gasteiger partial charge in [-0.25, -0.2) is 0 Å². The van der Waals surface area contributed by atoms with Crippen molar-refractivity contribution in [1.29, 1.82) is 0 Å². The Balaban J connectivity index is 2.72. The van der Waals surface area contributed by atoms with Crippen molar-refractivity contribution in [1.82, 2.24) is 0 Å². The Bertz CT molecular complexity index is 43.8. The molecule has 0 aliphatic rings. The van der Waals surface area contributed by atoms with E-state index >= 15 is 0 Å². The SMILES string of the molecule is CC(C)CO[CH]CO. The summed E-state index contributed by atoms with van der Waals surface area (Å²) in [6, 6.07) is 0. The van der Waals surface area contributed by atoms with Crippen molar-refractivity contribution in [3.05, 3.63) is 6.61 Å². The van der Waals surface area contributed by atoms with E-state index in [9.17, 15) is 0 Å². The zero-order chi connectivity index (χ0) is 6.41. The third kappa shape index (κ3) is 5.92. The normalized spacial score (nSPS) is 10.5. The highest BCUT2D eigenvalue weighted by molar-refractivity contribution is 4.46. The molecule has 0 rings (SSSR count). The van der Waals surface area contributed by atoms with Crippen LogP contribution in [0, 0.1) is 12.5 Å². The van der Waals surface area contributed by atoms with Crippen LogP contribution >= 0.6 is 0 Å². The summed E-state index contributed by atoms with van der Waals surface area (Å²) in [5.74, 6) is 0.540. The standard InChI is InChI=1S/C6H13O2/c1-6(2)5-8-4-3-7/h4,6-7H,3,5H2,1-2H3. The van der Waals surface area contributed by atoms with E-state index in [0.717, 1.165) is 0 Å². The van der Waals surface area contributed by atoms with E-state index in [1.807, 2.05) is 0 Å². The summed E-state index contributed by atoms with van der Waals surface area (Å²) >= 11 is 0. The molecule has 0 aromatic rings. The highest BCUT2D eigenvalue weighted by Gasteiger charge is 1.90. The molecule has 0 fully saturated rings. The summed E-state index contributed by atoms with van der Waals surface area (Å²) in [6.45, 7) is 6.23. The van der Waals surface area contributed by atoms with Crippen molar-refractivity contribution in [3.63, 3.8) is 0 Å². The van der Waals surface area contributed by atoms with E-state index in [4.69, 9.17) is 9.84 Å². The summed E-state index contributed by atoms with van der Waals surface area (Å²) in [4.78, 5) is 0. The fourth-order valence-corrected chi connectivity index (χ4v) is 0.313. The number of aliphatic hydroxyl groups excluding tert-OH is 1. The predicted octanol–water partition coefficient (Wildman–Crippen LogP) is 0.813. The van der Waals surface area contributed by atoms with Crippen LogP contribution in [0.3, 0.4) is 0 Å². The topological polar surface area (TPSA) is 29.5 Å². The van der Waals surface area contributed by atoms with E-state index < -0.39 is 0 Å². The molecule has 0 aromatic carbocycles. The van der Waals surface area contributed by atoms with Gasteiger partial charge in [-0.15, -0.1) is 0 Å². The maximum atomic E-state index is 8.20. The van der Waals surface area contributed by atoms with Gasteiger partial charge < -0.3 is 9.84 Å². The van der Waals surface area contributed by atoms with Crippen molar-refractivity contribution >= 4 is 0 Å². The number of rotatable bonds is 4. The van der Waals surface area contributed by atoms with E-state index in [2.05, 4.69) is 13.8 Å². The van der Waals surface area contributed by atoms with E-state index in [0.29, 0.717) is 12.5 Å².